The Kier molecular flexibility index (Phi) is 3.27. The quantitative estimate of drug-likeness (QED) is 0.864. The van der Waals surface area contributed by atoms with Gasteiger partial charge in [-0.15, -0.1) is 0 Å². The Labute approximate surface area is 118 Å². The van der Waals surface area contributed by atoms with E-state index in [1.54, 1.807) is 22.6 Å². The highest BCUT2D eigenvalue weighted by Crippen LogP contribution is 2.25. The maximum Gasteiger partial charge on any atom is 0.245 e. The van der Waals surface area contributed by atoms with E-state index in [1.807, 2.05) is 13.8 Å². The summed E-state index contributed by atoms with van der Waals surface area (Å²) >= 11 is 0. The van der Waals surface area contributed by atoms with Gasteiger partial charge < -0.3 is 10.3 Å². The van der Waals surface area contributed by atoms with Gasteiger partial charge in [0.05, 0.1) is 0 Å². The van der Waals surface area contributed by atoms with Crippen molar-refractivity contribution in [2.75, 3.05) is 13.1 Å². The Bertz CT molecular complexity index is 715. The number of H-pyrrole nitrogens is 1. The molecule has 1 aliphatic heterocycles. The summed E-state index contributed by atoms with van der Waals surface area (Å²) in [4.78, 5) is 7.37. The summed E-state index contributed by atoms with van der Waals surface area (Å²) in [5, 5.41) is 3.98. The van der Waals surface area contributed by atoms with Crippen LogP contribution >= 0.6 is 0 Å². The van der Waals surface area contributed by atoms with Crippen LogP contribution in [0.4, 0.5) is 0 Å². The van der Waals surface area contributed by atoms with Crippen molar-refractivity contribution in [3.8, 4) is 0 Å². The van der Waals surface area contributed by atoms with E-state index in [2.05, 4.69) is 15.3 Å². The molecule has 2 aromatic heterocycles. The minimum atomic E-state index is -3.49. The topological polar surface area (TPSA) is 78.1 Å². The number of rotatable bonds is 2. The Morgan fingerprint density at radius 1 is 1.30 bits per heavy atom. The van der Waals surface area contributed by atoms with E-state index in [0.717, 1.165) is 0 Å². The Morgan fingerprint density at radius 2 is 2.00 bits per heavy atom. The number of pyridine rings is 1. The molecule has 108 valence electrons. The molecule has 1 aliphatic rings. The number of sulfonamides is 1. The van der Waals surface area contributed by atoms with Gasteiger partial charge in [-0.05, 0) is 26.0 Å². The van der Waals surface area contributed by atoms with Crippen LogP contribution < -0.4 is 5.32 Å². The van der Waals surface area contributed by atoms with Gasteiger partial charge in [-0.2, -0.15) is 4.31 Å². The van der Waals surface area contributed by atoms with E-state index >= 15 is 0 Å². The molecule has 1 saturated heterocycles. The van der Waals surface area contributed by atoms with Crippen molar-refractivity contribution in [3.63, 3.8) is 0 Å². The van der Waals surface area contributed by atoms with Gasteiger partial charge in [-0.3, -0.25) is 0 Å². The molecular weight excluding hydrogens is 276 g/mol. The first kappa shape index (κ1) is 13.5. The fourth-order valence-corrected chi connectivity index (χ4v) is 4.52. The van der Waals surface area contributed by atoms with Crippen molar-refractivity contribution in [3.05, 3.63) is 24.5 Å². The summed E-state index contributed by atoms with van der Waals surface area (Å²) in [6, 6.07) is 3.83. The third kappa shape index (κ3) is 2.21. The molecule has 1 fully saturated rings. The van der Waals surface area contributed by atoms with E-state index in [1.165, 1.54) is 6.20 Å². The van der Waals surface area contributed by atoms with Crippen molar-refractivity contribution < 1.29 is 8.42 Å². The molecular formula is C13H18N4O2S. The van der Waals surface area contributed by atoms with Crippen molar-refractivity contribution >= 4 is 21.1 Å². The van der Waals surface area contributed by atoms with Crippen LogP contribution in [-0.4, -0.2) is 47.9 Å². The van der Waals surface area contributed by atoms with Crippen molar-refractivity contribution in [1.82, 2.24) is 19.6 Å². The van der Waals surface area contributed by atoms with Gasteiger partial charge in [-0.25, -0.2) is 13.4 Å². The number of hydrogen-bond acceptors (Lipinski definition) is 4. The molecule has 0 aliphatic carbocycles. The number of piperazine rings is 1. The minimum absolute atomic E-state index is 0.150. The van der Waals surface area contributed by atoms with Crippen LogP contribution in [0.3, 0.4) is 0 Å². The van der Waals surface area contributed by atoms with Crippen LogP contribution in [0.5, 0.6) is 0 Å². The zero-order valence-corrected chi connectivity index (χ0v) is 12.3. The van der Waals surface area contributed by atoms with Gasteiger partial charge in [0.25, 0.3) is 0 Å². The van der Waals surface area contributed by atoms with Crippen LogP contribution in [-0.2, 0) is 10.0 Å². The van der Waals surface area contributed by atoms with E-state index in [4.69, 9.17) is 0 Å². The number of nitrogens with zero attached hydrogens (tertiary/aromatic N) is 2. The van der Waals surface area contributed by atoms with Crippen LogP contribution in [0.15, 0.2) is 29.4 Å². The van der Waals surface area contributed by atoms with Gasteiger partial charge >= 0.3 is 0 Å². The summed E-state index contributed by atoms with van der Waals surface area (Å²) in [6.07, 6.45) is 3.18. The number of aromatic amines is 1. The number of aromatic nitrogens is 2. The largest absolute Gasteiger partial charge is 0.345 e. The molecule has 0 radical (unpaired) electrons. The second kappa shape index (κ2) is 4.83. The zero-order chi connectivity index (χ0) is 14.3. The van der Waals surface area contributed by atoms with Crippen molar-refractivity contribution in [1.29, 1.82) is 0 Å². The summed E-state index contributed by atoms with van der Waals surface area (Å²) in [5.41, 5.74) is 0.599. The average molecular weight is 294 g/mol. The molecule has 3 heterocycles. The molecule has 2 N–H and O–H groups in total. The molecule has 0 aromatic carbocycles. The van der Waals surface area contributed by atoms with Crippen LogP contribution in [0.2, 0.25) is 0 Å². The van der Waals surface area contributed by atoms with Gasteiger partial charge in [-0.1, -0.05) is 0 Å². The van der Waals surface area contributed by atoms with Gasteiger partial charge in [0.15, 0.2) is 0 Å². The second-order valence-corrected chi connectivity index (χ2v) is 7.25. The zero-order valence-electron chi connectivity index (χ0n) is 11.5. The maximum atomic E-state index is 12.8. The van der Waals surface area contributed by atoms with Gasteiger partial charge in [0.1, 0.15) is 10.5 Å². The fourth-order valence-electron chi connectivity index (χ4n) is 2.76. The molecule has 7 heteroatoms. The normalized spacial score (nSPS) is 25.1. The van der Waals surface area contributed by atoms with Crippen LogP contribution in [0, 0.1) is 0 Å². The molecule has 2 atom stereocenters. The standard InChI is InChI=1S/C13H18N4O2S/c1-9-7-17(8-10(2)16-9)20(18,19)12-6-15-13-11(12)4-3-5-14-13/h3-6,9-10,16H,7-8H2,1-2H3,(H,14,15)/t9-,10-/m1/s1. The van der Waals surface area contributed by atoms with E-state index in [9.17, 15) is 8.42 Å². The highest BCUT2D eigenvalue weighted by molar-refractivity contribution is 7.89. The lowest BCUT2D eigenvalue weighted by atomic mass is 10.2. The number of nitrogens with one attached hydrogen (secondary N) is 2. The predicted molar refractivity (Wildman–Crippen MR) is 76.9 cm³/mol. The molecule has 3 rings (SSSR count). The molecule has 2 aromatic rings. The summed E-state index contributed by atoms with van der Waals surface area (Å²) in [5.74, 6) is 0. The predicted octanol–water partition coefficient (Wildman–Crippen LogP) is 0.934. The number of hydrogen-bond donors (Lipinski definition) is 2. The van der Waals surface area contributed by atoms with E-state index in [-0.39, 0.29) is 12.1 Å². The van der Waals surface area contributed by atoms with Crippen molar-refractivity contribution in [2.24, 2.45) is 0 Å². The fraction of sp³-hybridized carbons (Fsp3) is 0.462. The first-order valence-corrected chi connectivity index (χ1v) is 8.11. The Hall–Kier alpha value is -1.44. The highest BCUT2D eigenvalue weighted by atomic mass is 32.2. The molecule has 0 bridgehead atoms. The minimum Gasteiger partial charge on any atom is -0.345 e. The molecule has 0 unspecified atom stereocenters. The summed E-state index contributed by atoms with van der Waals surface area (Å²) in [7, 11) is -3.49. The van der Waals surface area contributed by atoms with Crippen LogP contribution in [0.1, 0.15) is 13.8 Å². The second-order valence-electron chi connectivity index (χ2n) is 5.34. The van der Waals surface area contributed by atoms with Gasteiger partial charge in [0.2, 0.25) is 10.0 Å². The summed E-state index contributed by atoms with van der Waals surface area (Å²) < 4.78 is 27.2. The highest BCUT2D eigenvalue weighted by Gasteiger charge is 2.32. The first-order chi connectivity index (χ1) is 9.48. The van der Waals surface area contributed by atoms with Gasteiger partial charge in [0, 0.05) is 43.0 Å². The lowest BCUT2D eigenvalue weighted by Crippen LogP contribution is -2.55. The molecule has 20 heavy (non-hydrogen) atoms. The third-order valence-electron chi connectivity index (χ3n) is 3.56. The molecule has 0 amide bonds. The average Bonchev–Trinajstić information content (AvgIpc) is 2.82. The van der Waals surface area contributed by atoms with E-state index in [0.29, 0.717) is 29.0 Å². The Balaban J connectivity index is 2.03. The SMILES string of the molecule is C[C@@H]1CN(S(=O)(=O)c2c[nH]c3ncccc23)C[C@@H](C)N1. The number of fused-ring (bicyclic) bond motifs is 1. The summed E-state index contributed by atoms with van der Waals surface area (Å²) in [6.45, 7) is 4.96. The van der Waals surface area contributed by atoms with Crippen LogP contribution in [0.25, 0.3) is 11.0 Å². The monoisotopic (exact) mass is 294 g/mol. The maximum absolute atomic E-state index is 12.8. The lowest BCUT2D eigenvalue weighted by Gasteiger charge is -2.35. The molecule has 0 spiro atoms. The van der Waals surface area contributed by atoms with Crippen molar-refractivity contribution in [2.45, 2.75) is 30.8 Å². The molecule has 0 saturated carbocycles. The third-order valence-corrected chi connectivity index (χ3v) is 5.43. The lowest BCUT2D eigenvalue weighted by molar-refractivity contribution is 0.263. The molecule has 6 nitrogen and oxygen atoms in total. The van der Waals surface area contributed by atoms with E-state index < -0.39 is 10.0 Å². The first-order valence-electron chi connectivity index (χ1n) is 6.67. The smallest absolute Gasteiger partial charge is 0.245 e. The Morgan fingerprint density at radius 3 is 2.70 bits per heavy atom.